The number of carbonyl (C=O) groups excluding carboxylic acids is 2. The molecule has 2 atom stereocenters. The molecule has 0 aliphatic carbocycles. The lowest BCUT2D eigenvalue weighted by atomic mass is 10.1. The maximum atomic E-state index is 12.5. The van der Waals surface area contributed by atoms with Gasteiger partial charge in [0.25, 0.3) is 0 Å². The van der Waals surface area contributed by atoms with Gasteiger partial charge in [-0.1, -0.05) is 20.8 Å². The molecule has 1 aliphatic rings. The molecule has 0 radical (unpaired) electrons. The zero-order valence-electron chi connectivity index (χ0n) is 17.0. The summed E-state index contributed by atoms with van der Waals surface area (Å²) >= 11 is 0. The molecular formula is C17H33NO6Si. The predicted octanol–water partition coefficient (Wildman–Crippen LogP) is 3.14. The third-order valence-electron chi connectivity index (χ3n) is 4.63. The Bertz CT molecular complexity index is 494. The van der Waals surface area contributed by atoms with Crippen molar-refractivity contribution in [2.24, 2.45) is 0 Å². The number of amides is 1. The Labute approximate surface area is 152 Å². The third-order valence-corrected chi connectivity index (χ3v) is 9.13. The van der Waals surface area contributed by atoms with Crippen LogP contribution in [0.25, 0.3) is 0 Å². The fourth-order valence-electron chi connectivity index (χ4n) is 2.07. The molecule has 1 fully saturated rings. The van der Waals surface area contributed by atoms with Gasteiger partial charge in [-0.3, -0.25) is 4.90 Å². The van der Waals surface area contributed by atoms with Crippen molar-refractivity contribution < 1.29 is 28.2 Å². The first-order chi connectivity index (χ1) is 11.2. The molecule has 25 heavy (non-hydrogen) atoms. The van der Waals surface area contributed by atoms with Gasteiger partial charge in [0.15, 0.2) is 14.4 Å². The van der Waals surface area contributed by atoms with Crippen LogP contribution in [0.4, 0.5) is 4.79 Å². The minimum absolute atomic E-state index is 0.0178. The van der Waals surface area contributed by atoms with Gasteiger partial charge < -0.3 is 18.6 Å². The summed E-state index contributed by atoms with van der Waals surface area (Å²) in [6.45, 7) is 16.2. The second-order valence-corrected chi connectivity index (χ2v) is 13.6. The lowest BCUT2D eigenvalue weighted by molar-refractivity contribution is -0.152. The normalized spacial score (nSPS) is 22.0. The Morgan fingerprint density at radius 1 is 1.16 bits per heavy atom. The first-order valence-corrected chi connectivity index (χ1v) is 11.4. The van der Waals surface area contributed by atoms with Gasteiger partial charge in [-0.2, -0.15) is 0 Å². The molecule has 0 saturated carbocycles. The molecule has 8 heteroatoms. The van der Waals surface area contributed by atoms with Crippen molar-refractivity contribution in [2.45, 2.75) is 77.4 Å². The molecule has 0 unspecified atom stereocenters. The lowest BCUT2D eigenvalue weighted by Gasteiger charge is -2.38. The molecule has 0 aromatic heterocycles. The van der Waals surface area contributed by atoms with E-state index < -0.39 is 38.1 Å². The van der Waals surface area contributed by atoms with E-state index in [2.05, 4.69) is 33.9 Å². The predicted molar refractivity (Wildman–Crippen MR) is 96.8 cm³/mol. The van der Waals surface area contributed by atoms with Gasteiger partial charge in [-0.05, 0) is 38.9 Å². The van der Waals surface area contributed by atoms with Gasteiger partial charge in [0, 0.05) is 0 Å². The monoisotopic (exact) mass is 375 g/mol. The van der Waals surface area contributed by atoms with E-state index in [4.69, 9.17) is 18.6 Å². The van der Waals surface area contributed by atoms with Crippen LogP contribution in [0.5, 0.6) is 0 Å². The van der Waals surface area contributed by atoms with Gasteiger partial charge >= 0.3 is 12.1 Å². The zero-order chi connectivity index (χ0) is 19.6. The molecule has 1 saturated heterocycles. The summed E-state index contributed by atoms with van der Waals surface area (Å²) in [5, 5.41) is 0.0178. The first-order valence-electron chi connectivity index (χ1n) is 8.52. The van der Waals surface area contributed by atoms with Gasteiger partial charge in [-0.25, -0.2) is 9.59 Å². The number of ether oxygens (including phenoxy) is 3. The number of carbonyl (C=O) groups is 2. The quantitative estimate of drug-likeness (QED) is 0.555. The summed E-state index contributed by atoms with van der Waals surface area (Å²) in [4.78, 5) is 25.9. The third kappa shape index (κ3) is 5.69. The van der Waals surface area contributed by atoms with Crippen molar-refractivity contribution in [3.8, 4) is 0 Å². The van der Waals surface area contributed by atoms with E-state index in [-0.39, 0.29) is 18.4 Å². The maximum Gasteiger partial charge on any atom is 0.412 e. The van der Waals surface area contributed by atoms with E-state index in [1.807, 2.05) is 0 Å². The van der Waals surface area contributed by atoms with E-state index in [1.54, 1.807) is 20.8 Å². The fraction of sp³-hybridized carbons (Fsp3) is 0.882. The molecule has 0 spiro atoms. The average molecular weight is 376 g/mol. The van der Waals surface area contributed by atoms with Gasteiger partial charge in [0.1, 0.15) is 12.3 Å². The Hall–Kier alpha value is -1.12. The van der Waals surface area contributed by atoms with E-state index >= 15 is 0 Å². The molecule has 7 nitrogen and oxygen atoms in total. The van der Waals surface area contributed by atoms with Crippen molar-refractivity contribution in [1.29, 1.82) is 0 Å². The van der Waals surface area contributed by atoms with Crippen LogP contribution in [0.1, 0.15) is 41.5 Å². The molecule has 0 N–H and O–H groups in total. The topological polar surface area (TPSA) is 74.3 Å². The highest BCUT2D eigenvalue weighted by atomic mass is 28.4. The molecule has 0 aromatic rings. The Kier molecular flexibility index (Phi) is 6.69. The number of rotatable bonds is 4. The van der Waals surface area contributed by atoms with Crippen LogP contribution < -0.4 is 0 Å². The number of hydrogen-bond acceptors (Lipinski definition) is 6. The summed E-state index contributed by atoms with van der Waals surface area (Å²) in [6, 6.07) is -0.573. The van der Waals surface area contributed by atoms with E-state index in [9.17, 15) is 9.59 Å². The van der Waals surface area contributed by atoms with Crippen LogP contribution in [0, 0.1) is 0 Å². The van der Waals surface area contributed by atoms with Crippen LogP contribution in [0.2, 0.25) is 18.1 Å². The minimum atomic E-state index is -2.04. The number of hydrogen-bond donors (Lipinski definition) is 0. The maximum absolute atomic E-state index is 12.5. The molecular weight excluding hydrogens is 342 g/mol. The fourth-order valence-corrected chi connectivity index (χ4v) is 3.09. The van der Waals surface area contributed by atoms with Crippen LogP contribution >= 0.6 is 0 Å². The minimum Gasteiger partial charge on any atom is -0.467 e. The van der Waals surface area contributed by atoms with Crippen molar-refractivity contribution in [1.82, 2.24) is 4.90 Å². The van der Waals surface area contributed by atoms with Crippen LogP contribution in [0.15, 0.2) is 0 Å². The summed E-state index contributed by atoms with van der Waals surface area (Å²) in [5.41, 5.74) is -0.634. The van der Waals surface area contributed by atoms with Crippen LogP contribution in [0.3, 0.4) is 0 Å². The van der Waals surface area contributed by atoms with E-state index in [1.165, 1.54) is 12.0 Å². The standard InChI is InChI=1S/C17H33NO6Si/c1-16(2,3)24-15(20)18-11-22-13(14(19)21-7)12(18)10-23-25(8,9)17(4,5)6/h12-13H,10-11H2,1-9H3/t12-,13+/m0/s1. The molecule has 1 heterocycles. The molecule has 0 aromatic carbocycles. The van der Waals surface area contributed by atoms with Crippen LogP contribution in [-0.4, -0.2) is 63.5 Å². The highest BCUT2D eigenvalue weighted by Gasteiger charge is 2.46. The van der Waals surface area contributed by atoms with Crippen molar-refractivity contribution in [3.63, 3.8) is 0 Å². The molecule has 1 rings (SSSR count). The van der Waals surface area contributed by atoms with Gasteiger partial charge in [0.05, 0.1) is 19.8 Å². The Morgan fingerprint density at radius 2 is 1.72 bits per heavy atom. The van der Waals surface area contributed by atoms with Gasteiger partial charge in [0.2, 0.25) is 0 Å². The molecule has 1 amide bonds. The number of methoxy groups -OCH3 is 1. The number of esters is 1. The van der Waals surface area contributed by atoms with Crippen molar-refractivity contribution in [3.05, 3.63) is 0 Å². The summed E-state index contributed by atoms with van der Waals surface area (Å²) in [5.74, 6) is -0.519. The number of nitrogens with zero attached hydrogens (tertiary/aromatic N) is 1. The SMILES string of the molecule is COC(=O)[C@@H]1OCN(C(=O)OC(C)(C)C)[C@H]1CO[Si](C)(C)C(C)(C)C. The molecule has 0 bridgehead atoms. The smallest absolute Gasteiger partial charge is 0.412 e. The highest BCUT2D eigenvalue weighted by Crippen LogP contribution is 2.37. The van der Waals surface area contributed by atoms with Crippen molar-refractivity contribution in [2.75, 3.05) is 20.4 Å². The highest BCUT2D eigenvalue weighted by molar-refractivity contribution is 6.74. The van der Waals surface area contributed by atoms with E-state index in [0.717, 1.165) is 0 Å². The van der Waals surface area contributed by atoms with Gasteiger partial charge in [-0.15, -0.1) is 0 Å². The second-order valence-electron chi connectivity index (χ2n) is 8.83. The molecule has 146 valence electrons. The summed E-state index contributed by atoms with van der Waals surface area (Å²) < 4.78 is 21.9. The molecule has 1 aliphatic heterocycles. The first kappa shape index (κ1) is 21.9. The van der Waals surface area contributed by atoms with E-state index in [0.29, 0.717) is 0 Å². The second kappa shape index (κ2) is 7.63. The largest absolute Gasteiger partial charge is 0.467 e. The van der Waals surface area contributed by atoms with Crippen molar-refractivity contribution >= 4 is 20.4 Å². The van der Waals surface area contributed by atoms with Crippen LogP contribution in [-0.2, 0) is 23.4 Å². The lowest BCUT2D eigenvalue weighted by Crippen LogP contribution is -2.50. The zero-order valence-corrected chi connectivity index (χ0v) is 18.0. The summed E-state index contributed by atoms with van der Waals surface area (Å²) in [7, 11) is -0.745. The average Bonchev–Trinajstić information content (AvgIpc) is 2.85. The Morgan fingerprint density at radius 3 is 2.16 bits per heavy atom. The Balaban J connectivity index is 2.95. The summed E-state index contributed by atoms with van der Waals surface area (Å²) in [6.07, 6.45) is -1.40.